The maximum absolute atomic E-state index is 12.5. The van der Waals surface area contributed by atoms with E-state index in [9.17, 15) is 4.79 Å². The molecular formula is C18H24N2O. The molecule has 3 aliphatic carbocycles. The first-order valence-corrected chi connectivity index (χ1v) is 8.35. The number of amides is 1. The van der Waals surface area contributed by atoms with Crippen LogP contribution in [0.25, 0.3) is 0 Å². The lowest BCUT2D eigenvalue weighted by Crippen LogP contribution is -2.31. The van der Waals surface area contributed by atoms with E-state index < -0.39 is 0 Å². The number of carbonyl (C=O) groups excluding carboxylic acids is 1. The lowest BCUT2D eigenvalue weighted by Gasteiger charge is -2.13. The Morgan fingerprint density at radius 1 is 1.24 bits per heavy atom. The van der Waals surface area contributed by atoms with Crippen LogP contribution in [-0.2, 0) is 11.2 Å². The first kappa shape index (κ1) is 13.3. The molecule has 0 radical (unpaired) electrons. The fourth-order valence-corrected chi connectivity index (χ4v) is 4.59. The lowest BCUT2D eigenvalue weighted by atomic mass is 9.92. The smallest absolute Gasteiger partial charge is 0.224 e. The third kappa shape index (κ3) is 2.38. The SMILES string of the molecule is NC1CCC(CNC(=O)C2C3CCc4ccccc4C32)C1. The molecule has 3 heteroatoms. The zero-order valence-corrected chi connectivity index (χ0v) is 12.4. The fourth-order valence-electron chi connectivity index (χ4n) is 4.59. The minimum atomic E-state index is 0.226. The summed E-state index contributed by atoms with van der Waals surface area (Å²) >= 11 is 0. The molecule has 0 heterocycles. The Labute approximate surface area is 126 Å². The number of nitrogens with one attached hydrogen (secondary N) is 1. The fraction of sp³-hybridized carbons (Fsp3) is 0.611. The van der Waals surface area contributed by atoms with Crippen LogP contribution in [0.5, 0.6) is 0 Å². The number of hydrogen-bond acceptors (Lipinski definition) is 2. The highest BCUT2D eigenvalue weighted by Crippen LogP contribution is 2.59. The number of fused-ring (bicyclic) bond motifs is 3. The molecule has 2 saturated carbocycles. The summed E-state index contributed by atoms with van der Waals surface area (Å²) in [6.45, 7) is 0.824. The first-order chi connectivity index (χ1) is 10.2. The molecule has 0 aromatic heterocycles. The van der Waals surface area contributed by atoms with Crippen molar-refractivity contribution < 1.29 is 4.79 Å². The van der Waals surface area contributed by atoms with Gasteiger partial charge in [-0.2, -0.15) is 0 Å². The summed E-state index contributed by atoms with van der Waals surface area (Å²) in [6, 6.07) is 9.00. The van der Waals surface area contributed by atoms with Gasteiger partial charge in [0.15, 0.2) is 0 Å². The first-order valence-electron chi connectivity index (χ1n) is 8.35. The predicted octanol–water partition coefficient (Wildman–Crippen LogP) is 2.21. The van der Waals surface area contributed by atoms with Crippen LogP contribution in [0, 0.1) is 17.8 Å². The molecule has 3 aliphatic rings. The summed E-state index contributed by atoms with van der Waals surface area (Å²) in [5.41, 5.74) is 8.82. The van der Waals surface area contributed by atoms with E-state index in [1.54, 1.807) is 0 Å². The molecule has 3 N–H and O–H groups in total. The highest BCUT2D eigenvalue weighted by Gasteiger charge is 2.56. The number of aryl methyl sites for hydroxylation is 1. The van der Waals surface area contributed by atoms with E-state index in [1.165, 1.54) is 24.0 Å². The summed E-state index contributed by atoms with van der Waals surface area (Å²) < 4.78 is 0. The highest BCUT2D eigenvalue weighted by atomic mass is 16.2. The van der Waals surface area contributed by atoms with Gasteiger partial charge in [0.1, 0.15) is 0 Å². The average molecular weight is 284 g/mol. The van der Waals surface area contributed by atoms with Gasteiger partial charge < -0.3 is 11.1 Å². The molecule has 112 valence electrons. The van der Waals surface area contributed by atoms with Gasteiger partial charge in [-0.15, -0.1) is 0 Å². The van der Waals surface area contributed by atoms with E-state index in [-0.39, 0.29) is 11.8 Å². The van der Waals surface area contributed by atoms with Gasteiger partial charge in [0.25, 0.3) is 0 Å². The highest BCUT2D eigenvalue weighted by molar-refractivity contribution is 5.84. The predicted molar refractivity (Wildman–Crippen MR) is 82.8 cm³/mol. The van der Waals surface area contributed by atoms with Gasteiger partial charge in [0.05, 0.1) is 0 Å². The third-order valence-corrected chi connectivity index (χ3v) is 5.78. The molecule has 0 aliphatic heterocycles. The molecule has 5 unspecified atom stereocenters. The molecule has 1 aromatic rings. The van der Waals surface area contributed by atoms with Gasteiger partial charge in [0.2, 0.25) is 5.91 Å². The molecule has 1 aromatic carbocycles. The van der Waals surface area contributed by atoms with E-state index in [2.05, 4.69) is 29.6 Å². The average Bonchev–Trinajstić information content (AvgIpc) is 3.11. The Morgan fingerprint density at radius 3 is 2.90 bits per heavy atom. The van der Waals surface area contributed by atoms with E-state index in [0.29, 0.717) is 23.8 Å². The number of rotatable bonds is 3. The van der Waals surface area contributed by atoms with E-state index in [4.69, 9.17) is 5.73 Å². The van der Waals surface area contributed by atoms with Crippen LogP contribution in [0.3, 0.4) is 0 Å². The number of benzene rings is 1. The minimum Gasteiger partial charge on any atom is -0.356 e. The quantitative estimate of drug-likeness (QED) is 0.894. The van der Waals surface area contributed by atoms with Crippen LogP contribution in [0.2, 0.25) is 0 Å². The van der Waals surface area contributed by atoms with E-state index in [1.807, 2.05) is 0 Å². The minimum absolute atomic E-state index is 0.226. The second-order valence-electron chi connectivity index (χ2n) is 7.14. The summed E-state index contributed by atoms with van der Waals surface area (Å²) in [4.78, 5) is 12.5. The summed E-state index contributed by atoms with van der Waals surface area (Å²) in [6.07, 6.45) is 5.66. The van der Waals surface area contributed by atoms with Gasteiger partial charge in [-0.3, -0.25) is 4.79 Å². The lowest BCUT2D eigenvalue weighted by molar-refractivity contribution is -0.122. The molecule has 21 heavy (non-hydrogen) atoms. The zero-order chi connectivity index (χ0) is 14.4. The Hall–Kier alpha value is -1.35. The van der Waals surface area contributed by atoms with Crippen molar-refractivity contribution in [2.75, 3.05) is 6.54 Å². The molecule has 5 atom stereocenters. The van der Waals surface area contributed by atoms with Crippen molar-refractivity contribution in [3.05, 3.63) is 35.4 Å². The van der Waals surface area contributed by atoms with E-state index >= 15 is 0 Å². The monoisotopic (exact) mass is 284 g/mol. The molecule has 0 spiro atoms. The van der Waals surface area contributed by atoms with Gasteiger partial charge in [-0.1, -0.05) is 24.3 Å². The Balaban J connectivity index is 1.37. The summed E-state index contributed by atoms with van der Waals surface area (Å²) in [7, 11) is 0. The zero-order valence-electron chi connectivity index (χ0n) is 12.4. The van der Waals surface area contributed by atoms with Crippen molar-refractivity contribution in [2.24, 2.45) is 23.5 Å². The van der Waals surface area contributed by atoms with Crippen LogP contribution in [0.15, 0.2) is 24.3 Å². The molecule has 1 amide bonds. The van der Waals surface area contributed by atoms with Crippen LogP contribution in [0.1, 0.15) is 42.7 Å². The van der Waals surface area contributed by atoms with Gasteiger partial charge in [-0.05, 0) is 61.0 Å². The molecule has 4 rings (SSSR count). The Bertz CT molecular complexity index is 556. The van der Waals surface area contributed by atoms with Crippen LogP contribution >= 0.6 is 0 Å². The largest absolute Gasteiger partial charge is 0.356 e. The summed E-state index contributed by atoms with van der Waals surface area (Å²) in [5.74, 6) is 2.18. The standard InChI is InChI=1S/C18H24N2O/c19-13-7-5-11(9-13)10-20-18(21)17-15-8-6-12-3-1-2-4-14(12)16(15)17/h1-4,11,13,15-17H,5-10,19H2,(H,20,21). The second kappa shape index (κ2) is 5.13. The van der Waals surface area contributed by atoms with E-state index in [0.717, 1.165) is 25.8 Å². The molecule has 0 bridgehead atoms. The Kier molecular flexibility index (Phi) is 3.26. The summed E-state index contributed by atoms with van der Waals surface area (Å²) in [5, 5.41) is 3.20. The third-order valence-electron chi connectivity index (χ3n) is 5.78. The second-order valence-corrected chi connectivity index (χ2v) is 7.14. The van der Waals surface area contributed by atoms with Crippen molar-refractivity contribution >= 4 is 5.91 Å². The number of nitrogens with two attached hydrogens (primary N) is 1. The topological polar surface area (TPSA) is 55.1 Å². The molecule has 2 fully saturated rings. The number of hydrogen-bond donors (Lipinski definition) is 2. The Morgan fingerprint density at radius 2 is 2.10 bits per heavy atom. The molecular weight excluding hydrogens is 260 g/mol. The van der Waals surface area contributed by atoms with Crippen molar-refractivity contribution in [2.45, 2.75) is 44.1 Å². The maximum atomic E-state index is 12.5. The van der Waals surface area contributed by atoms with Gasteiger partial charge >= 0.3 is 0 Å². The number of carbonyl (C=O) groups is 1. The maximum Gasteiger partial charge on any atom is 0.224 e. The van der Waals surface area contributed by atoms with Crippen LogP contribution in [0.4, 0.5) is 0 Å². The molecule has 0 saturated heterocycles. The van der Waals surface area contributed by atoms with Gasteiger partial charge in [0, 0.05) is 18.5 Å². The van der Waals surface area contributed by atoms with Gasteiger partial charge in [-0.25, -0.2) is 0 Å². The van der Waals surface area contributed by atoms with Crippen LogP contribution in [-0.4, -0.2) is 18.5 Å². The van der Waals surface area contributed by atoms with Crippen molar-refractivity contribution in [3.8, 4) is 0 Å². The molecule has 3 nitrogen and oxygen atoms in total. The normalized spacial score (nSPS) is 36.7. The van der Waals surface area contributed by atoms with Crippen LogP contribution < -0.4 is 11.1 Å². The van der Waals surface area contributed by atoms with Crippen molar-refractivity contribution in [1.82, 2.24) is 5.32 Å². The van der Waals surface area contributed by atoms with Crippen molar-refractivity contribution in [1.29, 1.82) is 0 Å². The van der Waals surface area contributed by atoms with Crippen molar-refractivity contribution in [3.63, 3.8) is 0 Å².